The van der Waals surface area contributed by atoms with E-state index in [-0.39, 0.29) is 18.0 Å². The molecule has 0 spiro atoms. The highest BCUT2D eigenvalue weighted by Crippen LogP contribution is 2.09. The van der Waals surface area contributed by atoms with Crippen molar-refractivity contribution in [2.75, 3.05) is 6.54 Å². The number of halogens is 2. The Hall–Kier alpha value is -1.69. The predicted octanol–water partition coefficient (Wildman–Crippen LogP) is 2.17. The zero-order valence-electron chi connectivity index (χ0n) is 11.6. The molecule has 1 aromatic carbocycles. The number of aliphatic hydroxyl groups is 1. The second-order valence-electron chi connectivity index (χ2n) is 4.99. The van der Waals surface area contributed by atoms with Crippen molar-refractivity contribution in [1.29, 1.82) is 0 Å². The minimum absolute atomic E-state index is 0.0831. The first kappa shape index (κ1) is 16.4. The van der Waals surface area contributed by atoms with Gasteiger partial charge in [0.05, 0.1) is 6.10 Å². The summed E-state index contributed by atoms with van der Waals surface area (Å²) in [5, 5.41) is 14.3. The molecule has 112 valence electrons. The van der Waals surface area contributed by atoms with Gasteiger partial charge in [-0.15, -0.1) is 0 Å². The third-order valence-corrected chi connectivity index (χ3v) is 2.80. The summed E-state index contributed by atoms with van der Waals surface area (Å²) in [6, 6.07) is 2.64. The maximum atomic E-state index is 13.3. The minimum atomic E-state index is -0.561. The molecule has 6 heteroatoms. The normalized spacial score (nSPS) is 13.7. The van der Waals surface area contributed by atoms with Gasteiger partial charge >= 0.3 is 6.03 Å². The van der Waals surface area contributed by atoms with Crippen LogP contribution in [0.1, 0.15) is 25.8 Å². The van der Waals surface area contributed by atoms with Gasteiger partial charge in [0, 0.05) is 18.7 Å². The van der Waals surface area contributed by atoms with Gasteiger partial charge in [0.1, 0.15) is 11.6 Å². The summed E-state index contributed by atoms with van der Waals surface area (Å²) < 4.78 is 26.2. The molecule has 0 aliphatic rings. The Morgan fingerprint density at radius 1 is 1.30 bits per heavy atom. The van der Waals surface area contributed by atoms with E-state index in [1.165, 1.54) is 0 Å². The van der Waals surface area contributed by atoms with Gasteiger partial charge in [0.2, 0.25) is 0 Å². The summed E-state index contributed by atoms with van der Waals surface area (Å²) in [5.74, 6) is -0.977. The highest BCUT2D eigenvalue weighted by molar-refractivity contribution is 5.73. The summed E-state index contributed by atoms with van der Waals surface area (Å²) in [7, 11) is 0. The van der Waals surface area contributed by atoms with Gasteiger partial charge in [-0.1, -0.05) is 6.92 Å². The fourth-order valence-electron chi connectivity index (χ4n) is 1.85. The summed E-state index contributed by atoms with van der Waals surface area (Å²) >= 11 is 0. The SMILES string of the molecule is CC(O)CC(C)CNC(=O)NCc1cc(F)ccc1F. The van der Waals surface area contributed by atoms with Crippen LogP contribution in [0.4, 0.5) is 13.6 Å². The molecule has 2 unspecified atom stereocenters. The predicted molar refractivity (Wildman–Crippen MR) is 72.1 cm³/mol. The number of rotatable bonds is 6. The van der Waals surface area contributed by atoms with E-state index in [4.69, 9.17) is 0 Å². The Morgan fingerprint density at radius 2 is 2.00 bits per heavy atom. The highest BCUT2D eigenvalue weighted by atomic mass is 19.1. The third kappa shape index (κ3) is 5.97. The van der Waals surface area contributed by atoms with Crippen molar-refractivity contribution in [3.05, 3.63) is 35.4 Å². The average Bonchev–Trinajstić information content (AvgIpc) is 2.36. The minimum Gasteiger partial charge on any atom is -0.393 e. The first-order valence-corrected chi connectivity index (χ1v) is 6.52. The number of hydrogen-bond acceptors (Lipinski definition) is 2. The molecule has 20 heavy (non-hydrogen) atoms. The number of benzene rings is 1. The van der Waals surface area contributed by atoms with E-state index in [0.717, 1.165) is 18.2 Å². The van der Waals surface area contributed by atoms with Gasteiger partial charge in [-0.3, -0.25) is 0 Å². The topological polar surface area (TPSA) is 61.4 Å². The fourth-order valence-corrected chi connectivity index (χ4v) is 1.85. The van der Waals surface area contributed by atoms with E-state index >= 15 is 0 Å². The lowest BCUT2D eigenvalue weighted by atomic mass is 10.1. The molecule has 0 bridgehead atoms. The van der Waals surface area contributed by atoms with E-state index in [0.29, 0.717) is 13.0 Å². The number of aliphatic hydroxyl groups excluding tert-OH is 1. The quantitative estimate of drug-likeness (QED) is 0.750. The van der Waals surface area contributed by atoms with Crippen molar-refractivity contribution in [2.45, 2.75) is 32.9 Å². The van der Waals surface area contributed by atoms with E-state index in [1.807, 2.05) is 6.92 Å². The van der Waals surface area contributed by atoms with Crippen LogP contribution in [0.25, 0.3) is 0 Å². The van der Waals surface area contributed by atoms with Gasteiger partial charge in [-0.05, 0) is 37.5 Å². The van der Waals surface area contributed by atoms with Crippen LogP contribution < -0.4 is 10.6 Å². The lowest BCUT2D eigenvalue weighted by Gasteiger charge is -2.14. The number of hydrogen-bond donors (Lipinski definition) is 3. The molecule has 3 N–H and O–H groups in total. The van der Waals surface area contributed by atoms with Crippen LogP contribution in [-0.4, -0.2) is 23.8 Å². The Labute approximate surface area is 117 Å². The molecule has 0 heterocycles. The van der Waals surface area contributed by atoms with Crippen LogP contribution in [0.15, 0.2) is 18.2 Å². The van der Waals surface area contributed by atoms with Crippen LogP contribution in [0.3, 0.4) is 0 Å². The van der Waals surface area contributed by atoms with Crippen molar-refractivity contribution in [3.8, 4) is 0 Å². The molecule has 0 fully saturated rings. The third-order valence-electron chi connectivity index (χ3n) is 2.80. The van der Waals surface area contributed by atoms with E-state index < -0.39 is 23.8 Å². The van der Waals surface area contributed by atoms with Gasteiger partial charge in [-0.25, -0.2) is 13.6 Å². The zero-order chi connectivity index (χ0) is 15.1. The number of carbonyl (C=O) groups is 1. The molecule has 0 aromatic heterocycles. The molecule has 4 nitrogen and oxygen atoms in total. The first-order valence-electron chi connectivity index (χ1n) is 6.52. The summed E-state index contributed by atoms with van der Waals surface area (Å²) in [6.07, 6.45) is 0.162. The number of carbonyl (C=O) groups excluding carboxylic acids is 1. The van der Waals surface area contributed by atoms with Crippen LogP contribution in [0, 0.1) is 17.6 Å². The van der Waals surface area contributed by atoms with Gasteiger partial charge in [0.25, 0.3) is 0 Å². The Kier molecular flexibility index (Phi) is 6.38. The molecule has 2 amide bonds. The van der Waals surface area contributed by atoms with Crippen molar-refractivity contribution < 1.29 is 18.7 Å². The molecule has 0 saturated carbocycles. The van der Waals surface area contributed by atoms with Gasteiger partial charge < -0.3 is 15.7 Å². The molecule has 1 rings (SSSR count). The van der Waals surface area contributed by atoms with Crippen LogP contribution in [-0.2, 0) is 6.54 Å². The van der Waals surface area contributed by atoms with Crippen LogP contribution in [0.5, 0.6) is 0 Å². The van der Waals surface area contributed by atoms with E-state index in [9.17, 15) is 18.7 Å². The molecule has 2 atom stereocenters. The lowest BCUT2D eigenvalue weighted by molar-refractivity contribution is 0.163. The monoisotopic (exact) mass is 286 g/mol. The average molecular weight is 286 g/mol. The number of urea groups is 1. The second-order valence-corrected chi connectivity index (χ2v) is 4.99. The zero-order valence-corrected chi connectivity index (χ0v) is 11.6. The smallest absolute Gasteiger partial charge is 0.315 e. The highest BCUT2D eigenvalue weighted by Gasteiger charge is 2.09. The molecule has 0 aliphatic carbocycles. The summed E-state index contributed by atoms with van der Waals surface area (Å²) in [5.41, 5.74) is 0.0946. The van der Waals surface area contributed by atoms with Crippen molar-refractivity contribution in [2.24, 2.45) is 5.92 Å². The fraction of sp³-hybridized carbons (Fsp3) is 0.500. The maximum Gasteiger partial charge on any atom is 0.315 e. The van der Waals surface area contributed by atoms with E-state index in [1.54, 1.807) is 6.92 Å². The van der Waals surface area contributed by atoms with Crippen LogP contribution >= 0.6 is 0 Å². The number of nitrogens with one attached hydrogen (secondary N) is 2. The second kappa shape index (κ2) is 7.79. The largest absolute Gasteiger partial charge is 0.393 e. The van der Waals surface area contributed by atoms with Crippen molar-refractivity contribution >= 4 is 6.03 Å². The molecule has 0 aliphatic heterocycles. The summed E-state index contributed by atoms with van der Waals surface area (Å²) in [4.78, 5) is 11.5. The maximum absolute atomic E-state index is 13.3. The van der Waals surface area contributed by atoms with Crippen molar-refractivity contribution in [1.82, 2.24) is 10.6 Å². The molecule has 0 radical (unpaired) electrons. The number of amides is 2. The standard InChI is InChI=1S/C14H20F2N2O2/c1-9(5-10(2)19)7-17-14(20)18-8-11-6-12(15)3-4-13(11)16/h3-4,6,9-10,19H,5,7-8H2,1-2H3,(H2,17,18,20). The van der Waals surface area contributed by atoms with Crippen LogP contribution in [0.2, 0.25) is 0 Å². The Balaban J connectivity index is 2.34. The van der Waals surface area contributed by atoms with Gasteiger partial charge in [-0.2, -0.15) is 0 Å². The van der Waals surface area contributed by atoms with Gasteiger partial charge in [0.15, 0.2) is 0 Å². The van der Waals surface area contributed by atoms with Crippen molar-refractivity contribution in [3.63, 3.8) is 0 Å². The molecular formula is C14H20F2N2O2. The first-order chi connectivity index (χ1) is 9.38. The lowest BCUT2D eigenvalue weighted by Crippen LogP contribution is -2.38. The molecular weight excluding hydrogens is 266 g/mol. The van der Waals surface area contributed by atoms with E-state index in [2.05, 4.69) is 10.6 Å². The Morgan fingerprint density at radius 3 is 2.65 bits per heavy atom. The summed E-state index contributed by atoms with van der Waals surface area (Å²) in [6.45, 7) is 3.91. The molecule has 0 saturated heterocycles. The Bertz CT molecular complexity index is 453. The molecule has 1 aromatic rings.